The lowest BCUT2D eigenvalue weighted by atomic mass is 9.94. The van der Waals surface area contributed by atoms with Gasteiger partial charge in [-0.1, -0.05) is 19.9 Å². The third kappa shape index (κ3) is 6.06. The van der Waals surface area contributed by atoms with Crippen LogP contribution in [0.3, 0.4) is 0 Å². The number of hydrogen-bond donors (Lipinski definition) is 1. The summed E-state index contributed by atoms with van der Waals surface area (Å²) in [5.74, 6) is -0.806. The fourth-order valence-corrected chi connectivity index (χ4v) is 2.90. The highest BCUT2D eigenvalue weighted by Crippen LogP contribution is 2.34. The van der Waals surface area contributed by atoms with Crippen LogP contribution in [0, 0.1) is 11.7 Å². The highest BCUT2D eigenvalue weighted by atomic mass is 35.5. The van der Waals surface area contributed by atoms with Gasteiger partial charge < -0.3 is 5.32 Å². The van der Waals surface area contributed by atoms with Gasteiger partial charge in [-0.3, -0.25) is 4.90 Å². The molecule has 2 rings (SSSR count). The van der Waals surface area contributed by atoms with Crippen LogP contribution in [0.1, 0.15) is 37.4 Å². The molecule has 0 aromatic heterocycles. The summed E-state index contributed by atoms with van der Waals surface area (Å²) < 4.78 is 51.9. The van der Waals surface area contributed by atoms with Crippen molar-refractivity contribution in [3.8, 4) is 0 Å². The molecule has 1 aromatic carbocycles. The zero-order valence-corrected chi connectivity index (χ0v) is 15.3. The van der Waals surface area contributed by atoms with Crippen LogP contribution in [0.4, 0.5) is 17.6 Å². The predicted molar refractivity (Wildman–Crippen MR) is 92.5 cm³/mol. The summed E-state index contributed by atoms with van der Waals surface area (Å²) in [5, 5.41) is 3.25. The average Bonchev–Trinajstić information content (AvgIpc) is 2.44. The monoisotopic (exact) mass is 390 g/mol. The molecule has 0 radical (unpaired) electrons. The third-order valence-electron chi connectivity index (χ3n) is 3.97. The van der Waals surface area contributed by atoms with E-state index in [0.29, 0.717) is 11.5 Å². The molecule has 0 saturated carbocycles. The van der Waals surface area contributed by atoms with Crippen molar-refractivity contribution in [3.63, 3.8) is 0 Å². The van der Waals surface area contributed by atoms with Gasteiger partial charge in [0, 0.05) is 32.2 Å². The van der Waals surface area contributed by atoms with Crippen molar-refractivity contribution in [1.29, 1.82) is 0 Å². The molecule has 1 saturated heterocycles. The van der Waals surface area contributed by atoms with Crippen molar-refractivity contribution in [3.05, 3.63) is 35.1 Å². The molecule has 0 spiro atoms. The van der Waals surface area contributed by atoms with Crippen LogP contribution in [0.15, 0.2) is 18.2 Å². The van der Waals surface area contributed by atoms with Gasteiger partial charge in [0.15, 0.2) is 0 Å². The Morgan fingerprint density at radius 3 is 2.17 bits per heavy atom. The van der Waals surface area contributed by atoms with E-state index in [-0.39, 0.29) is 30.9 Å². The highest BCUT2D eigenvalue weighted by Gasteiger charge is 2.34. The summed E-state index contributed by atoms with van der Waals surface area (Å²) >= 11 is 0. The number of alkyl halides is 3. The highest BCUT2D eigenvalue weighted by molar-refractivity contribution is 5.85. The lowest BCUT2D eigenvalue weighted by Crippen LogP contribution is -2.45. The number of hydrogen-bond acceptors (Lipinski definition) is 2. The predicted octanol–water partition coefficient (Wildman–Crippen LogP) is 4.68. The maximum atomic E-state index is 13.9. The zero-order chi connectivity index (χ0) is 16.3. The van der Waals surface area contributed by atoms with E-state index < -0.39 is 17.6 Å². The van der Waals surface area contributed by atoms with Crippen molar-refractivity contribution < 1.29 is 17.6 Å². The van der Waals surface area contributed by atoms with E-state index in [2.05, 4.69) is 24.1 Å². The average molecular weight is 391 g/mol. The second kappa shape index (κ2) is 9.80. The molecule has 1 aliphatic heterocycles. The van der Waals surface area contributed by atoms with Crippen molar-refractivity contribution >= 4 is 24.8 Å². The summed E-state index contributed by atoms with van der Waals surface area (Å²) in [7, 11) is 0. The Labute approximate surface area is 152 Å². The second-order valence-corrected chi connectivity index (χ2v) is 6.17. The van der Waals surface area contributed by atoms with E-state index in [1.54, 1.807) is 0 Å². The summed E-state index contributed by atoms with van der Waals surface area (Å²) in [6, 6.07) is 3.29. The largest absolute Gasteiger partial charge is 0.419 e. The number of benzene rings is 1. The van der Waals surface area contributed by atoms with Crippen molar-refractivity contribution in [1.82, 2.24) is 10.2 Å². The standard InChI is InChI=1S/C16H22F4N2.2ClH/c1-11(2)9-15(22-7-5-21-6-8-22)12-3-4-13(14(17)10-12)16(18,19)20;;/h3-4,10-11,15,21H,5-9H2,1-2H3;2*1H/t15-;;/m1../s1. The van der Waals surface area contributed by atoms with Gasteiger partial charge in [0.05, 0.1) is 5.56 Å². The van der Waals surface area contributed by atoms with Crippen LogP contribution in [-0.2, 0) is 6.18 Å². The maximum Gasteiger partial charge on any atom is 0.419 e. The molecule has 1 aromatic rings. The van der Waals surface area contributed by atoms with Crippen molar-refractivity contribution in [2.75, 3.05) is 26.2 Å². The second-order valence-electron chi connectivity index (χ2n) is 6.17. The van der Waals surface area contributed by atoms with Crippen molar-refractivity contribution in [2.24, 2.45) is 5.92 Å². The molecule has 0 aliphatic carbocycles. The summed E-state index contributed by atoms with van der Waals surface area (Å²) in [6.07, 6.45) is -3.85. The molecular weight excluding hydrogens is 367 g/mol. The number of rotatable bonds is 4. The zero-order valence-electron chi connectivity index (χ0n) is 13.7. The van der Waals surface area contributed by atoms with Crippen LogP contribution in [-0.4, -0.2) is 31.1 Å². The molecule has 1 atom stereocenters. The molecule has 0 bridgehead atoms. The van der Waals surface area contributed by atoms with Crippen LogP contribution >= 0.6 is 24.8 Å². The minimum atomic E-state index is -4.65. The Balaban J connectivity index is 0.00000264. The molecule has 1 aliphatic rings. The molecule has 24 heavy (non-hydrogen) atoms. The minimum Gasteiger partial charge on any atom is -0.314 e. The Morgan fingerprint density at radius 2 is 1.71 bits per heavy atom. The van der Waals surface area contributed by atoms with Crippen molar-refractivity contribution in [2.45, 2.75) is 32.5 Å². The molecule has 1 fully saturated rings. The molecule has 1 heterocycles. The van der Waals surface area contributed by atoms with E-state index in [1.807, 2.05) is 0 Å². The molecule has 0 unspecified atom stereocenters. The van der Waals surface area contributed by atoms with E-state index >= 15 is 0 Å². The van der Waals surface area contributed by atoms with Crippen LogP contribution in [0.5, 0.6) is 0 Å². The lowest BCUT2D eigenvalue weighted by molar-refractivity contribution is -0.140. The lowest BCUT2D eigenvalue weighted by Gasteiger charge is -2.36. The fraction of sp³-hybridized carbons (Fsp3) is 0.625. The van der Waals surface area contributed by atoms with Gasteiger partial charge in [-0.2, -0.15) is 13.2 Å². The van der Waals surface area contributed by atoms with Gasteiger partial charge in [-0.05, 0) is 30.0 Å². The van der Waals surface area contributed by atoms with E-state index in [0.717, 1.165) is 44.7 Å². The van der Waals surface area contributed by atoms with Crippen LogP contribution in [0.2, 0.25) is 0 Å². The van der Waals surface area contributed by atoms with E-state index in [4.69, 9.17) is 0 Å². The van der Waals surface area contributed by atoms with Gasteiger partial charge in [0.25, 0.3) is 0 Å². The normalized spacial score (nSPS) is 17.1. The molecule has 140 valence electrons. The summed E-state index contributed by atoms with van der Waals surface area (Å²) in [4.78, 5) is 2.22. The smallest absolute Gasteiger partial charge is 0.314 e. The van der Waals surface area contributed by atoms with Gasteiger partial charge in [0.2, 0.25) is 0 Å². The minimum absolute atomic E-state index is 0. The molecular formula is C16H24Cl2F4N2. The summed E-state index contributed by atoms with van der Waals surface area (Å²) in [6.45, 7) is 7.46. The fourth-order valence-electron chi connectivity index (χ4n) is 2.90. The molecule has 0 amide bonds. The number of nitrogens with one attached hydrogen (secondary N) is 1. The SMILES string of the molecule is CC(C)C[C@H](c1ccc(C(F)(F)F)c(F)c1)N1CCNCC1.Cl.Cl. The first-order valence-corrected chi connectivity index (χ1v) is 7.60. The first-order valence-electron chi connectivity index (χ1n) is 7.60. The molecule has 8 heteroatoms. The first-order chi connectivity index (χ1) is 10.3. The van der Waals surface area contributed by atoms with Crippen LogP contribution in [0.25, 0.3) is 0 Å². The Hall–Kier alpha value is -0.560. The van der Waals surface area contributed by atoms with E-state index in [9.17, 15) is 17.6 Å². The van der Waals surface area contributed by atoms with Gasteiger partial charge in [-0.15, -0.1) is 24.8 Å². The van der Waals surface area contributed by atoms with Gasteiger partial charge in [0.1, 0.15) is 5.82 Å². The molecule has 1 N–H and O–H groups in total. The third-order valence-corrected chi connectivity index (χ3v) is 3.97. The number of piperazine rings is 1. The molecule has 2 nitrogen and oxygen atoms in total. The Morgan fingerprint density at radius 1 is 1.12 bits per heavy atom. The number of nitrogens with zero attached hydrogens (tertiary/aromatic N) is 1. The number of halogens is 6. The van der Waals surface area contributed by atoms with Gasteiger partial charge in [-0.25, -0.2) is 4.39 Å². The van der Waals surface area contributed by atoms with Crippen LogP contribution < -0.4 is 5.32 Å². The summed E-state index contributed by atoms with van der Waals surface area (Å²) in [5.41, 5.74) is -0.569. The first kappa shape index (κ1) is 23.4. The van der Waals surface area contributed by atoms with E-state index in [1.165, 1.54) is 6.07 Å². The Kier molecular flexibility index (Phi) is 9.57. The Bertz CT molecular complexity index is 503. The van der Waals surface area contributed by atoms with Gasteiger partial charge >= 0.3 is 6.18 Å². The maximum absolute atomic E-state index is 13.9. The quantitative estimate of drug-likeness (QED) is 0.750. The topological polar surface area (TPSA) is 15.3 Å².